The van der Waals surface area contributed by atoms with Crippen molar-refractivity contribution in [2.45, 2.75) is 0 Å². The number of rotatable bonds is 4. The average Bonchev–Trinajstić information content (AvgIpc) is 2.36. The van der Waals surface area contributed by atoms with Gasteiger partial charge in [0.05, 0.1) is 12.2 Å². The Morgan fingerprint density at radius 3 is 2.30 bits per heavy atom. The summed E-state index contributed by atoms with van der Waals surface area (Å²) in [5.41, 5.74) is 0.177. The minimum atomic E-state index is -0.789. The molecule has 0 aliphatic rings. The van der Waals surface area contributed by atoms with Gasteiger partial charge in [-0.25, -0.2) is 13.2 Å². The van der Waals surface area contributed by atoms with Crippen molar-refractivity contribution in [2.75, 3.05) is 17.2 Å². The van der Waals surface area contributed by atoms with Crippen molar-refractivity contribution in [3.05, 3.63) is 59.9 Å². The Morgan fingerprint density at radius 1 is 1.00 bits per heavy atom. The van der Waals surface area contributed by atoms with Crippen molar-refractivity contribution in [1.82, 2.24) is 0 Å². The van der Waals surface area contributed by atoms with Crippen LogP contribution in [0.2, 0.25) is 0 Å². The van der Waals surface area contributed by atoms with Crippen molar-refractivity contribution >= 4 is 17.3 Å². The summed E-state index contributed by atoms with van der Waals surface area (Å²) in [5, 5.41) is 4.90. The molecule has 0 unspecified atom stereocenters. The van der Waals surface area contributed by atoms with Gasteiger partial charge in [0, 0.05) is 11.8 Å². The van der Waals surface area contributed by atoms with Crippen LogP contribution in [0.3, 0.4) is 0 Å². The summed E-state index contributed by atoms with van der Waals surface area (Å²) in [6.07, 6.45) is 0. The number of anilines is 2. The van der Waals surface area contributed by atoms with E-state index in [2.05, 4.69) is 10.6 Å². The fraction of sp³-hybridized carbons (Fsp3) is 0.0714. The van der Waals surface area contributed by atoms with Crippen molar-refractivity contribution in [3.8, 4) is 0 Å². The lowest BCUT2D eigenvalue weighted by molar-refractivity contribution is -0.114. The number of benzene rings is 2. The van der Waals surface area contributed by atoms with E-state index >= 15 is 0 Å². The van der Waals surface area contributed by atoms with Gasteiger partial charge in [-0.2, -0.15) is 0 Å². The predicted octanol–water partition coefficient (Wildman–Crippen LogP) is 3.15. The molecule has 3 nitrogen and oxygen atoms in total. The largest absolute Gasteiger partial charge is 0.374 e. The molecule has 6 heteroatoms. The van der Waals surface area contributed by atoms with Crippen molar-refractivity contribution in [2.24, 2.45) is 0 Å². The van der Waals surface area contributed by atoms with E-state index in [4.69, 9.17) is 0 Å². The van der Waals surface area contributed by atoms with E-state index in [1.807, 2.05) is 0 Å². The van der Waals surface area contributed by atoms with Crippen LogP contribution < -0.4 is 10.6 Å². The average molecular weight is 280 g/mol. The second kappa shape index (κ2) is 6.10. The molecular formula is C14H11F3N2O. The maximum Gasteiger partial charge on any atom is 0.243 e. The molecule has 0 saturated heterocycles. The van der Waals surface area contributed by atoms with Gasteiger partial charge in [0.1, 0.15) is 17.5 Å². The standard InChI is InChI=1S/C14H11F3N2O/c15-9-5-10(16)7-11(6-9)19-14(20)8-18-13-4-2-1-3-12(13)17/h1-7,18H,8H2,(H,19,20). The fourth-order valence-electron chi connectivity index (χ4n) is 1.61. The Bertz CT molecular complexity index is 611. The molecule has 0 aliphatic carbocycles. The van der Waals surface area contributed by atoms with Gasteiger partial charge in [0.15, 0.2) is 0 Å². The first-order valence-corrected chi connectivity index (χ1v) is 5.79. The topological polar surface area (TPSA) is 41.1 Å². The number of carbonyl (C=O) groups is 1. The minimum absolute atomic E-state index is 0.00262. The van der Waals surface area contributed by atoms with Crippen LogP contribution in [-0.4, -0.2) is 12.5 Å². The third-order valence-electron chi connectivity index (χ3n) is 2.46. The number of halogens is 3. The first-order valence-electron chi connectivity index (χ1n) is 5.79. The Labute approximate surface area is 113 Å². The second-order valence-corrected chi connectivity index (χ2v) is 4.04. The van der Waals surface area contributed by atoms with Crippen LogP contribution in [0.15, 0.2) is 42.5 Å². The second-order valence-electron chi connectivity index (χ2n) is 4.04. The van der Waals surface area contributed by atoms with Crippen LogP contribution in [0.4, 0.5) is 24.5 Å². The third kappa shape index (κ3) is 3.74. The van der Waals surface area contributed by atoms with E-state index in [0.717, 1.165) is 12.1 Å². The Balaban J connectivity index is 1.94. The summed E-state index contributed by atoms with van der Waals surface area (Å²) >= 11 is 0. The van der Waals surface area contributed by atoms with E-state index in [9.17, 15) is 18.0 Å². The van der Waals surface area contributed by atoms with Gasteiger partial charge >= 0.3 is 0 Å². The highest BCUT2D eigenvalue weighted by Gasteiger charge is 2.06. The molecule has 0 fully saturated rings. The first-order chi connectivity index (χ1) is 9.54. The first kappa shape index (κ1) is 13.9. The van der Waals surface area contributed by atoms with Gasteiger partial charge in [-0.15, -0.1) is 0 Å². The molecule has 104 valence electrons. The van der Waals surface area contributed by atoms with Crippen molar-refractivity contribution in [3.63, 3.8) is 0 Å². The molecule has 2 aromatic carbocycles. The van der Waals surface area contributed by atoms with Crippen LogP contribution in [0.1, 0.15) is 0 Å². The SMILES string of the molecule is O=C(CNc1ccccc1F)Nc1cc(F)cc(F)c1. The molecule has 0 heterocycles. The van der Waals surface area contributed by atoms with Crippen LogP contribution in [0, 0.1) is 17.5 Å². The summed E-state index contributed by atoms with van der Waals surface area (Å²) in [6.45, 7) is -0.223. The van der Waals surface area contributed by atoms with Gasteiger partial charge in [0.25, 0.3) is 0 Å². The summed E-state index contributed by atoms with van der Waals surface area (Å²) < 4.78 is 39.1. The highest BCUT2D eigenvalue weighted by atomic mass is 19.1. The molecule has 0 atom stereocenters. The van der Waals surface area contributed by atoms with E-state index in [0.29, 0.717) is 6.07 Å². The van der Waals surface area contributed by atoms with Crippen molar-refractivity contribution in [1.29, 1.82) is 0 Å². The molecule has 2 rings (SSSR count). The zero-order valence-electron chi connectivity index (χ0n) is 10.3. The molecule has 0 aliphatic heterocycles. The maximum atomic E-state index is 13.3. The summed E-state index contributed by atoms with van der Waals surface area (Å²) in [4.78, 5) is 11.6. The molecule has 20 heavy (non-hydrogen) atoms. The molecule has 0 saturated carbocycles. The van der Waals surface area contributed by atoms with Gasteiger partial charge < -0.3 is 10.6 Å². The summed E-state index contributed by atoms with van der Waals surface area (Å²) in [6, 6.07) is 8.55. The van der Waals surface area contributed by atoms with Gasteiger partial charge in [-0.1, -0.05) is 12.1 Å². The number of para-hydroxylation sites is 1. The Morgan fingerprint density at radius 2 is 1.65 bits per heavy atom. The highest BCUT2D eigenvalue weighted by molar-refractivity contribution is 5.93. The summed E-state index contributed by atoms with van der Waals surface area (Å²) in [5.74, 6) is -2.61. The fourth-order valence-corrected chi connectivity index (χ4v) is 1.61. The third-order valence-corrected chi connectivity index (χ3v) is 2.46. The molecular weight excluding hydrogens is 269 g/mol. The van der Waals surface area contributed by atoms with Gasteiger partial charge in [0.2, 0.25) is 5.91 Å². The van der Waals surface area contributed by atoms with E-state index in [1.54, 1.807) is 6.07 Å². The molecule has 0 aromatic heterocycles. The number of nitrogens with one attached hydrogen (secondary N) is 2. The molecule has 0 spiro atoms. The molecule has 2 aromatic rings. The van der Waals surface area contributed by atoms with Crippen LogP contribution in [0.5, 0.6) is 0 Å². The zero-order chi connectivity index (χ0) is 14.5. The van der Waals surface area contributed by atoms with E-state index in [-0.39, 0.29) is 17.9 Å². The molecule has 0 bridgehead atoms. The number of hydrogen-bond donors (Lipinski definition) is 2. The predicted molar refractivity (Wildman–Crippen MR) is 69.9 cm³/mol. The zero-order valence-corrected chi connectivity index (χ0v) is 10.3. The van der Waals surface area contributed by atoms with E-state index < -0.39 is 23.4 Å². The normalized spacial score (nSPS) is 10.2. The van der Waals surface area contributed by atoms with E-state index in [1.165, 1.54) is 18.2 Å². The van der Waals surface area contributed by atoms with Crippen LogP contribution in [-0.2, 0) is 4.79 Å². The summed E-state index contributed by atoms with van der Waals surface area (Å²) in [7, 11) is 0. The number of hydrogen-bond acceptors (Lipinski definition) is 2. The molecule has 2 N–H and O–H groups in total. The number of carbonyl (C=O) groups excluding carboxylic acids is 1. The Hall–Kier alpha value is -2.50. The lowest BCUT2D eigenvalue weighted by atomic mass is 10.3. The smallest absolute Gasteiger partial charge is 0.243 e. The lowest BCUT2D eigenvalue weighted by Crippen LogP contribution is -2.22. The molecule has 0 radical (unpaired) electrons. The van der Waals surface area contributed by atoms with Crippen molar-refractivity contribution < 1.29 is 18.0 Å². The lowest BCUT2D eigenvalue weighted by Gasteiger charge is -2.08. The monoisotopic (exact) mass is 280 g/mol. The molecule has 1 amide bonds. The highest BCUT2D eigenvalue weighted by Crippen LogP contribution is 2.14. The number of amides is 1. The van der Waals surface area contributed by atoms with Crippen LogP contribution in [0.25, 0.3) is 0 Å². The minimum Gasteiger partial charge on any atom is -0.374 e. The maximum absolute atomic E-state index is 13.3. The van der Waals surface area contributed by atoms with Crippen LogP contribution >= 0.6 is 0 Å². The Kier molecular flexibility index (Phi) is 4.24. The van der Waals surface area contributed by atoms with Gasteiger partial charge in [-0.05, 0) is 24.3 Å². The van der Waals surface area contributed by atoms with Gasteiger partial charge in [-0.3, -0.25) is 4.79 Å². The quantitative estimate of drug-likeness (QED) is 0.903.